The van der Waals surface area contributed by atoms with E-state index in [1.54, 1.807) is 6.92 Å². The number of ether oxygens (including phenoxy) is 1. The van der Waals surface area contributed by atoms with Crippen LogP contribution >= 0.6 is 0 Å². The van der Waals surface area contributed by atoms with Crippen LogP contribution in [0.2, 0.25) is 0 Å². The van der Waals surface area contributed by atoms with Crippen molar-refractivity contribution >= 4 is 5.91 Å². The molecule has 0 aliphatic rings. The molecule has 112 valence electrons. The maximum Gasteiger partial charge on any atom is 0.325 e. The number of H-pyrrole nitrogens is 2. The van der Waals surface area contributed by atoms with Crippen molar-refractivity contribution in [3.63, 3.8) is 0 Å². The number of rotatable bonds is 7. The Morgan fingerprint density at radius 3 is 2.70 bits per heavy atom. The van der Waals surface area contributed by atoms with Gasteiger partial charge in [0, 0.05) is 31.3 Å². The topological polar surface area (TPSA) is 124 Å². The summed E-state index contributed by atoms with van der Waals surface area (Å²) in [5.74, 6) is -0.287. The quantitative estimate of drug-likeness (QED) is 0.481. The normalized spacial score (nSPS) is 12.2. The molecular weight excluding hydrogens is 266 g/mol. The maximum atomic E-state index is 11.6. The molecular formula is C12H19N3O5. The number of aromatic nitrogens is 2. The summed E-state index contributed by atoms with van der Waals surface area (Å²) in [4.78, 5) is 38.7. The van der Waals surface area contributed by atoms with Crippen molar-refractivity contribution in [2.45, 2.75) is 25.9 Å². The van der Waals surface area contributed by atoms with Crippen molar-refractivity contribution in [2.75, 3.05) is 20.3 Å². The molecule has 1 aromatic rings. The van der Waals surface area contributed by atoms with E-state index in [2.05, 4.69) is 15.3 Å². The van der Waals surface area contributed by atoms with Gasteiger partial charge < -0.3 is 20.1 Å². The summed E-state index contributed by atoms with van der Waals surface area (Å²) in [6.07, 6.45) is -0.457. The Labute approximate surface area is 115 Å². The lowest BCUT2D eigenvalue weighted by molar-refractivity contribution is -0.121. The first kappa shape index (κ1) is 16.1. The largest absolute Gasteiger partial charge is 0.389 e. The zero-order valence-electron chi connectivity index (χ0n) is 11.5. The predicted octanol–water partition coefficient (Wildman–Crippen LogP) is -1.57. The van der Waals surface area contributed by atoms with Gasteiger partial charge in [-0.15, -0.1) is 0 Å². The molecule has 1 amide bonds. The highest BCUT2D eigenvalue weighted by molar-refractivity contribution is 5.76. The number of hydrogen-bond acceptors (Lipinski definition) is 5. The summed E-state index contributed by atoms with van der Waals surface area (Å²) in [5, 5.41) is 11.9. The lowest BCUT2D eigenvalue weighted by Gasteiger charge is -2.10. The lowest BCUT2D eigenvalue weighted by atomic mass is 10.1. The zero-order chi connectivity index (χ0) is 15.1. The Bertz CT molecular complexity index is 563. The van der Waals surface area contributed by atoms with Crippen LogP contribution in [0.4, 0.5) is 0 Å². The Morgan fingerprint density at radius 1 is 1.40 bits per heavy atom. The summed E-state index contributed by atoms with van der Waals surface area (Å²) in [6.45, 7) is 1.83. The van der Waals surface area contributed by atoms with E-state index in [-0.39, 0.29) is 31.9 Å². The molecule has 0 saturated carbocycles. The summed E-state index contributed by atoms with van der Waals surface area (Å²) in [7, 11) is 1.45. The van der Waals surface area contributed by atoms with Crippen LogP contribution in [0.25, 0.3) is 0 Å². The number of nitrogens with one attached hydrogen (secondary N) is 3. The number of aromatic amines is 2. The zero-order valence-corrected chi connectivity index (χ0v) is 11.5. The van der Waals surface area contributed by atoms with Crippen LogP contribution in [-0.2, 0) is 16.0 Å². The van der Waals surface area contributed by atoms with Crippen LogP contribution in [0.1, 0.15) is 17.7 Å². The van der Waals surface area contributed by atoms with E-state index in [0.717, 1.165) is 0 Å². The third-order valence-electron chi connectivity index (χ3n) is 2.75. The molecule has 0 fully saturated rings. The monoisotopic (exact) mass is 285 g/mol. The molecule has 0 saturated heterocycles. The van der Waals surface area contributed by atoms with Crippen LogP contribution in [0.5, 0.6) is 0 Å². The molecule has 1 atom stereocenters. The minimum absolute atomic E-state index is 0.0909. The van der Waals surface area contributed by atoms with Crippen LogP contribution in [0.3, 0.4) is 0 Å². The second kappa shape index (κ2) is 7.61. The van der Waals surface area contributed by atoms with Crippen molar-refractivity contribution in [3.05, 3.63) is 32.1 Å². The average molecular weight is 285 g/mol. The molecule has 0 bridgehead atoms. The number of hydrogen-bond donors (Lipinski definition) is 4. The molecule has 1 rings (SSSR count). The lowest BCUT2D eigenvalue weighted by Crippen LogP contribution is -2.35. The van der Waals surface area contributed by atoms with Crippen LogP contribution in [-0.4, -0.2) is 47.3 Å². The molecule has 8 nitrogen and oxygen atoms in total. The summed E-state index contributed by atoms with van der Waals surface area (Å²) in [6, 6.07) is 0. The van der Waals surface area contributed by atoms with Gasteiger partial charge in [0.1, 0.15) is 0 Å². The second-order valence-corrected chi connectivity index (χ2v) is 4.43. The predicted molar refractivity (Wildman–Crippen MR) is 71.6 cm³/mol. The van der Waals surface area contributed by atoms with Crippen LogP contribution in [0.15, 0.2) is 9.59 Å². The number of carbonyl (C=O) groups excluding carboxylic acids is 1. The first-order valence-corrected chi connectivity index (χ1v) is 6.19. The molecule has 0 radical (unpaired) electrons. The van der Waals surface area contributed by atoms with E-state index >= 15 is 0 Å². The van der Waals surface area contributed by atoms with Crippen molar-refractivity contribution < 1.29 is 14.6 Å². The fraction of sp³-hybridized carbons (Fsp3) is 0.583. The van der Waals surface area contributed by atoms with Crippen molar-refractivity contribution in [2.24, 2.45) is 0 Å². The number of aliphatic hydroxyl groups excluding tert-OH is 1. The van der Waals surface area contributed by atoms with E-state index < -0.39 is 17.4 Å². The van der Waals surface area contributed by atoms with E-state index in [4.69, 9.17) is 4.74 Å². The number of carbonyl (C=O) groups is 1. The van der Waals surface area contributed by atoms with Gasteiger partial charge in [0.2, 0.25) is 5.91 Å². The molecule has 4 N–H and O–H groups in total. The smallest absolute Gasteiger partial charge is 0.325 e. The highest BCUT2D eigenvalue weighted by Crippen LogP contribution is 1.99. The fourth-order valence-electron chi connectivity index (χ4n) is 1.74. The van der Waals surface area contributed by atoms with Crippen molar-refractivity contribution in [3.8, 4) is 0 Å². The second-order valence-electron chi connectivity index (χ2n) is 4.43. The molecule has 0 aliphatic heterocycles. The third kappa shape index (κ3) is 4.98. The average Bonchev–Trinajstić information content (AvgIpc) is 2.35. The number of aliphatic hydroxyl groups is 1. The van der Waals surface area contributed by atoms with E-state index in [9.17, 15) is 19.5 Å². The summed E-state index contributed by atoms with van der Waals surface area (Å²) >= 11 is 0. The number of aryl methyl sites for hydroxylation is 1. The van der Waals surface area contributed by atoms with Crippen LogP contribution in [0, 0.1) is 6.92 Å². The molecule has 1 aromatic heterocycles. The molecule has 20 heavy (non-hydrogen) atoms. The number of amides is 1. The standard InChI is InChI=1S/C12H19N3O5/c1-7-9(11(18)15-12(19)14-7)3-4-10(17)13-5-8(16)6-20-2/h8,16H,3-6H2,1-2H3,(H,13,17)(H2,14,15,18,19). The van der Waals surface area contributed by atoms with Crippen LogP contribution < -0.4 is 16.6 Å². The van der Waals surface area contributed by atoms with Gasteiger partial charge in [0.25, 0.3) is 5.56 Å². The fourth-order valence-corrected chi connectivity index (χ4v) is 1.74. The van der Waals surface area contributed by atoms with Gasteiger partial charge in [-0.1, -0.05) is 0 Å². The SMILES string of the molecule is COCC(O)CNC(=O)CCc1c(C)[nH]c(=O)[nH]c1=O. The molecule has 1 heterocycles. The highest BCUT2D eigenvalue weighted by atomic mass is 16.5. The van der Waals surface area contributed by atoms with Gasteiger partial charge >= 0.3 is 5.69 Å². The summed E-state index contributed by atoms with van der Waals surface area (Å²) in [5.41, 5.74) is -0.231. The molecule has 1 unspecified atom stereocenters. The minimum atomic E-state index is -0.762. The van der Waals surface area contributed by atoms with E-state index in [0.29, 0.717) is 11.3 Å². The molecule has 8 heteroatoms. The van der Waals surface area contributed by atoms with Crippen molar-refractivity contribution in [1.82, 2.24) is 15.3 Å². The van der Waals surface area contributed by atoms with Gasteiger partial charge in [-0.2, -0.15) is 0 Å². The Balaban J connectivity index is 2.50. The van der Waals surface area contributed by atoms with E-state index in [1.165, 1.54) is 7.11 Å². The minimum Gasteiger partial charge on any atom is -0.389 e. The first-order chi connectivity index (χ1) is 9.43. The Morgan fingerprint density at radius 2 is 2.10 bits per heavy atom. The highest BCUT2D eigenvalue weighted by Gasteiger charge is 2.10. The number of methoxy groups -OCH3 is 1. The molecule has 0 aromatic carbocycles. The Kier molecular flexibility index (Phi) is 6.13. The van der Waals surface area contributed by atoms with Gasteiger partial charge in [-0.3, -0.25) is 14.6 Å². The Hall–Kier alpha value is -1.93. The summed E-state index contributed by atoms with van der Waals surface area (Å²) < 4.78 is 4.73. The van der Waals surface area contributed by atoms with Gasteiger partial charge in [0.15, 0.2) is 0 Å². The van der Waals surface area contributed by atoms with Gasteiger partial charge in [-0.25, -0.2) is 4.79 Å². The molecule has 0 spiro atoms. The van der Waals surface area contributed by atoms with Crippen molar-refractivity contribution in [1.29, 1.82) is 0 Å². The first-order valence-electron chi connectivity index (χ1n) is 6.19. The maximum absolute atomic E-state index is 11.6. The van der Waals surface area contributed by atoms with E-state index in [1.807, 2.05) is 0 Å². The molecule has 0 aliphatic carbocycles. The third-order valence-corrected chi connectivity index (χ3v) is 2.75. The van der Waals surface area contributed by atoms with Gasteiger partial charge in [-0.05, 0) is 13.3 Å². The van der Waals surface area contributed by atoms with Gasteiger partial charge in [0.05, 0.1) is 12.7 Å².